The molecule has 1 aliphatic rings. The van der Waals surface area contributed by atoms with Crippen LogP contribution in [0.25, 0.3) is 5.70 Å². The second-order valence-electron chi connectivity index (χ2n) is 2.87. The third-order valence-electron chi connectivity index (χ3n) is 2.00. The van der Waals surface area contributed by atoms with Crippen LogP contribution < -0.4 is 0 Å². The number of fused-ring (bicyclic) bond motifs is 1. The largest absolute Gasteiger partial charge is 0.470 e. The molecule has 0 aromatic carbocycles. The van der Waals surface area contributed by atoms with Gasteiger partial charge in [0.15, 0.2) is 18.3 Å². The van der Waals surface area contributed by atoms with Gasteiger partial charge >= 0.3 is 0 Å². The molecule has 4 nitrogen and oxygen atoms in total. The molecule has 0 bridgehead atoms. The highest BCUT2D eigenvalue weighted by atomic mass is 16.5. The maximum absolute atomic E-state index is 5.49. The summed E-state index contributed by atoms with van der Waals surface area (Å²) >= 11 is 0. The van der Waals surface area contributed by atoms with Crippen molar-refractivity contribution in [3.63, 3.8) is 0 Å². The molecule has 1 aromatic rings. The number of imidazole rings is 1. The van der Waals surface area contributed by atoms with Gasteiger partial charge in [-0.25, -0.2) is 4.98 Å². The van der Waals surface area contributed by atoms with Crippen LogP contribution in [0, 0.1) is 0 Å². The highest BCUT2D eigenvalue weighted by molar-refractivity contribution is 5.68. The molecular weight excluding hydrogens is 178 g/mol. The van der Waals surface area contributed by atoms with Gasteiger partial charge in [-0.3, -0.25) is 9.56 Å². The summed E-state index contributed by atoms with van der Waals surface area (Å²) in [6.45, 7) is 5.93. The maximum Gasteiger partial charge on any atom is 0.166 e. The molecule has 0 fully saturated rings. The number of hydrogen-bond acceptors (Lipinski definition) is 3. The fourth-order valence-corrected chi connectivity index (χ4v) is 1.38. The van der Waals surface area contributed by atoms with Crippen molar-refractivity contribution in [3.8, 4) is 0 Å². The Bertz CT molecular complexity index is 415. The predicted octanol–water partition coefficient (Wildman–Crippen LogP) is 1.82. The summed E-state index contributed by atoms with van der Waals surface area (Å²) in [4.78, 5) is 8.13. The molecule has 2 rings (SSSR count). The summed E-state index contributed by atoms with van der Waals surface area (Å²) in [7, 11) is 0. The predicted molar refractivity (Wildman–Crippen MR) is 54.6 cm³/mol. The van der Waals surface area contributed by atoms with Gasteiger partial charge in [-0.15, -0.1) is 0 Å². The average molecular weight is 189 g/mol. The Hall–Kier alpha value is -1.84. The number of aliphatic imine (C=N–C) groups is 1. The summed E-state index contributed by atoms with van der Waals surface area (Å²) in [6.07, 6.45) is 7.34. The molecular formula is C10H11N3O. The number of allylic oxidation sites excluding steroid dienone is 2. The van der Waals surface area contributed by atoms with Crippen molar-refractivity contribution in [2.75, 3.05) is 0 Å². The first kappa shape index (κ1) is 8.74. The molecule has 2 heterocycles. The van der Waals surface area contributed by atoms with E-state index >= 15 is 0 Å². The van der Waals surface area contributed by atoms with Crippen molar-refractivity contribution in [1.82, 2.24) is 9.55 Å². The van der Waals surface area contributed by atoms with Gasteiger partial charge in [-0.1, -0.05) is 6.08 Å². The zero-order valence-electron chi connectivity index (χ0n) is 7.97. The van der Waals surface area contributed by atoms with E-state index in [0.29, 0.717) is 12.4 Å². The molecule has 1 aliphatic heterocycles. The molecule has 72 valence electrons. The van der Waals surface area contributed by atoms with Crippen LogP contribution in [-0.2, 0) is 11.5 Å². The number of aromatic nitrogens is 2. The van der Waals surface area contributed by atoms with Crippen LogP contribution in [0.15, 0.2) is 35.3 Å². The lowest BCUT2D eigenvalue weighted by Crippen LogP contribution is -2.12. The SMILES string of the molecule is C=NC1=C(/C=C\C)OCn2ccnc21. The monoisotopic (exact) mass is 189 g/mol. The Labute approximate surface area is 82.2 Å². The van der Waals surface area contributed by atoms with E-state index in [0.717, 1.165) is 11.6 Å². The second kappa shape index (κ2) is 3.49. The molecule has 0 aliphatic carbocycles. The highest BCUT2D eigenvalue weighted by Gasteiger charge is 2.18. The van der Waals surface area contributed by atoms with Gasteiger partial charge in [0, 0.05) is 12.4 Å². The van der Waals surface area contributed by atoms with Crippen LogP contribution >= 0.6 is 0 Å². The summed E-state index contributed by atoms with van der Waals surface area (Å²) < 4.78 is 7.37. The Morgan fingerprint density at radius 1 is 1.71 bits per heavy atom. The van der Waals surface area contributed by atoms with E-state index in [9.17, 15) is 0 Å². The minimum absolute atomic E-state index is 0.480. The van der Waals surface area contributed by atoms with E-state index < -0.39 is 0 Å². The molecule has 0 radical (unpaired) electrons. The van der Waals surface area contributed by atoms with E-state index in [4.69, 9.17) is 4.74 Å². The van der Waals surface area contributed by atoms with E-state index in [2.05, 4.69) is 16.7 Å². The van der Waals surface area contributed by atoms with Crippen molar-refractivity contribution < 1.29 is 4.74 Å². The summed E-state index contributed by atoms with van der Waals surface area (Å²) in [5.41, 5.74) is 0.694. The smallest absolute Gasteiger partial charge is 0.166 e. The van der Waals surface area contributed by atoms with Crippen LogP contribution in [-0.4, -0.2) is 16.3 Å². The van der Waals surface area contributed by atoms with E-state index in [1.807, 2.05) is 29.8 Å². The van der Waals surface area contributed by atoms with Gasteiger partial charge in [0.1, 0.15) is 5.70 Å². The number of nitrogens with zero attached hydrogens (tertiary/aromatic N) is 3. The molecule has 0 saturated heterocycles. The van der Waals surface area contributed by atoms with Gasteiger partial charge in [0.05, 0.1) is 0 Å². The van der Waals surface area contributed by atoms with Crippen molar-refractivity contribution in [2.24, 2.45) is 4.99 Å². The molecule has 1 aromatic heterocycles. The van der Waals surface area contributed by atoms with Crippen LogP contribution in [0.2, 0.25) is 0 Å². The number of ether oxygens (including phenoxy) is 1. The average Bonchev–Trinajstić information content (AvgIpc) is 2.66. The first-order valence-electron chi connectivity index (χ1n) is 4.35. The normalized spacial score (nSPS) is 15.5. The summed E-state index contributed by atoms with van der Waals surface area (Å²) in [6, 6.07) is 0. The molecule has 0 spiro atoms. The summed E-state index contributed by atoms with van der Waals surface area (Å²) in [5, 5.41) is 0. The third kappa shape index (κ3) is 1.25. The minimum Gasteiger partial charge on any atom is -0.470 e. The van der Waals surface area contributed by atoms with Crippen molar-refractivity contribution in [1.29, 1.82) is 0 Å². The van der Waals surface area contributed by atoms with Crippen LogP contribution in [0.1, 0.15) is 12.7 Å². The Morgan fingerprint density at radius 3 is 3.29 bits per heavy atom. The quantitative estimate of drug-likeness (QED) is 0.665. The third-order valence-corrected chi connectivity index (χ3v) is 2.00. The first-order chi connectivity index (χ1) is 6.86. The van der Waals surface area contributed by atoms with Gasteiger partial charge in [0.25, 0.3) is 0 Å². The lowest BCUT2D eigenvalue weighted by Gasteiger charge is -2.18. The summed E-state index contributed by atoms with van der Waals surface area (Å²) in [5.74, 6) is 1.53. The van der Waals surface area contributed by atoms with Crippen molar-refractivity contribution in [3.05, 3.63) is 36.1 Å². The second-order valence-corrected chi connectivity index (χ2v) is 2.87. The van der Waals surface area contributed by atoms with Gasteiger partial charge in [0.2, 0.25) is 0 Å². The molecule has 14 heavy (non-hydrogen) atoms. The maximum atomic E-state index is 5.49. The number of hydrogen-bond donors (Lipinski definition) is 0. The molecule has 0 unspecified atom stereocenters. The van der Waals surface area contributed by atoms with Crippen molar-refractivity contribution >= 4 is 12.4 Å². The highest BCUT2D eigenvalue weighted by Crippen LogP contribution is 2.25. The molecule has 0 amide bonds. The minimum atomic E-state index is 0.480. The standard InChI is InChI=1S/C10H11N3O/c1-3-4-8-9(11-2)10-12-5-6-13(10)7-14-8/h3-6H,2,7H2,1H3/b4-3-. The van der Waals surface area contributed by atoms with Crippen LogP contribution in [0.3, 0.4) is 0 Å². The fourth-order valence-electron chi connectivity index (χ4n) is 1.38. The lowest BCUT2D eigenvalue weighted by molar-refractivity contribution is 0.146. The Balaban J connectivity index is 2.54. The van der Waals surface area contributed by atoms with Crippen LogP contribution in [0.5, 0.6) is 0 Å². The van der Waals surface area contributed by atoms with E-state index in [1.165, 1.54) is 0 Å². The zero-order chi connectivity index (χ0) is 9.97. The molecule has 4 heteroatoms. The Morgan fingerprint density at radius 2 is 2.57 bits per heavy atom. The van der Waals surface area contributed by atoms with Crippen LogP contribution in [0.4, 0.5) is 0 Å². The van der Waals surface area contributed by atoms with E-state index in [-0.39, 0.29) is 0 Å². The molecule has 0 atom stereocenters. The van der Waals surface area contributed by atoms with Gasteiger partial charge < -0.3 is 4.74 Å². The zero-order valence-corrected chi connectivity index (χ0v) is 7.97. The topological polar surface area (TPSA) is 39.4 Å². The lowest BCUT2D eigenvalue weighted by atomic mass is 10.3. The number of rotatable bonds is 2. The van der Waals surface area contributed by atoms with Crippen molar-refractivity contribution in [2.45, 2.75) is 13.7 Å². The van der Waals surface area contributed by atoms with E-state index in [1.54, 1.807) is 6.20 Å². The Kier molecular flexibility index (Phi) is 2.18. The molecule has 0 N–H and O–H groups in total. The molecule has 0 saturated carbocycles. The first-order valence-corrected chi connectivity index (χ1v) is 4.35. The fraction of sp³-hybridized carbons (Fsp3) is 0.200. The van der Waals surface area contributed by atoms with Gasteiger partial charge in [-0.05, 0) is 19.7 Å². The van der Waals surface area contributed by atoms with Gasteiger partial charge in [-0.2, -0.15) is 0 Å².